The second-order valence-electron chi connectivity index (χ2n) is 4.63. The smallest absolute Gasteiger partial charge is 0.124 e. The molecule has 0 saturated carbocycles. The van der Waals surface area contributed by atoms with E-state index in [0.29, 0.717) is 13.0 Å². The summed E-state index contributed by atoms with van der Waals surface area (Å²) < 4.78 is 13.8. The van der Waals surface area contributed by atoms with Gasteiger partial charge in [0.15, 0.2) is 0 Å². The number of hydrogen-bond donors (Lipinski definition) is 2. The van der Waals surface area contributed by atoms with Crippen molar-refractivity contribution in [2.75, 3.05) is 6.54 Å². The molecular weight excluding hydrogens is 368 g/mol. The van der Waals surface area contributed by atoms with Crippen LogP contribution in [-0.2, 0) is 6.54 Å². The van der Waals surface area contributed by atoms with Gasteiger partial charge in [-0.15, -0.1) is 0 Å². The molecule has 0 fully saturated rings. The van der Waals surface area contributed by atoms with Gasteiger partial charge in [-0.3, -0.25) is 0 Å². The topological polar surface area (TPSA) is 32.3 Å². The van der Waals surface area contributed by atoms with E-state index in [4.69, 9.17) is 0 Å². The molecule has 2 rings (SSSR count). The molecule has 0 spiro atoms. The zero-order valence-corrected chi connectivity index (χ0v) is 13.2. The summed E-state index contributed by atoms with van der Waals surface area (Å²) in [5.41, 5.74) is 2.01. The highest BCUT2D eigenvalue weighted by atomic mass is 127. The Kier molecular flexibility index (Phi) is 5.94. The van der Waals surface area contributed by atoms with Crippen molar-refractivity contribution in [2.45, 2.75) is 19.1 Å². The molecule has 0 aromatic heterocycles. The summed E-state index contributed by atoms with van der Waals surface area (Å²) in [7, 11) is 0. The van der Waals surface area contributed by atoms with Gasteiger partial charge in [-0.25, -0.2) is 4.39 Å². The van der Waals surface area contributed by atoms with E-state index in [9.17, 15) is 9.50 Å². The normalized spacial score (nSPS) is 12.3. The van der Waals surface area contributed by atoms with E-state index in [1.165, 1.54) is 17.7 Å². The zero-order valence-electron chi connectivity index (χ0n) is 11.0. The van der Waals surface area contributed by atoms with Crippen LogP contribution in [0.4, 0.5) is 4.39 Å². The average molecular weight is 385 g/mol. The van der Waals surface area contributed by atoms with Crippen molar-refractivity contribution in [3.05, 3.63) is 69.0 Å². The standard InChI is InChI=1S/C16H17FINO/c17-13-6-7-14(15(18)10-13)16(20)8-9-19-11-12-4-2-1-3-5-12/h1-7,10,16,19-20H,8-9,11H2/t16-/m0/s1. The maximum absolute atomic E-state index is 13.0. The molecule has 0 heterocycles. The summed E-state index contributed by atoms with van der Waals surface area (Å²) in [6.07, 6.45) is 0.0415. The molecule has 2 aromatic carbocycles. The van der Waals surface area contributed by atoms with Gasteiger partial charge in [-0.05, 0) is 58.8 Å². The Labute approximate surface area is 132 Å². The summed E-state index contributed by atoms with van der Waals surface area (Å²) in [4.78, 5) is 0. The molecule has 2 N–H and O–H groups in total. The Bertz CT molecular complexity index is 547. The molecule has 0 saturated heterocycles. The molecule has 0 aliphatic carbocycles. The van der Waals surface area contributed by atoms with E-state index in [1.807, 2.05) is 18.2 Å². The zero-order chi connectivity index (χ0) is 14.4. The average Bonchev–Trinajstić information content (AvgIpc) is 2.44. The first kappa shape index (κ1) is 15.4. The molecule has 2 nitrogen and oxygen atoms in total. The predicted molar refractivity (Wildman–Crippen MR) is 86.8 cm³/mol. The van der Waals surface area contributed by atoms with Crippen molar-refractivity contribution in [1.82, 2.24) is 5.32 Å². The Hall–Kier alpha value is -0.980. The number of hydrogen-bond acceptors (Lipinski definition) is 2. The van der Waals surface area contributed by atoms with Crippen LogP contribution in [0.2, 0.25) is 0 Å². The first-order valence-corrected chi connectivity index (χ1v) is 7.62. The minimum absolute atomic E-state index is 0.271. The highest BCUT2D eigenvalue weighted by Crippen LogP contribution is 2.23. The van der Waals surface area contributed by atoms with Crippen molar-refractivity contribution >= 4 is 22.6 Å². The van der Waals surface area contributed by atoms with Crippen molar-refractivity contribution in [3.8, 4) is 0 Å². The van der Waals surface area contributed by atoms with Gasteiger partial charge in [-0.2, -0.15) is 0 Å². The lowest BCUT2D eigenvalue weighted by Gasteiger charge is -2.13. The Balaban J connectivity index is 1.79. The van der Waals surface area contributed by atoms with Crippen molar-refractivity contribution in [2.24, 2.45) is 0 Å². The molecule has 1 atom stereocenters. The Morgan fingerprint density at radius 2 is 1.90 bits per heavy atom. The largest absolute Gasteiger partial charge is 0.388 e. The van der Waals surface area contributed by atoms with E-state index in [0.717, 1.165) is 15.7 Å². The van der Waals surface area contributed by atoms with Crippen molar-refractivity contribution < 1.29 is 9.50 Å². The van der Waals surface area contributed by atoms with Gasteiger partial charge in [0.1, 0.15) is 5.82 Å². The fraction of sp³-hybridized carbons (Fsp3) is 0.250. The number of nitrogens with one attached hydrogen (secondary N) is 1. The first-order chi connectivity index (χ1) is 9.66. The molecule has 0 aliphatic rings. The van der Waals surface area contributed by atoms with E-state index < -0.39 is 6.10 Å². The van der Waals surface area contributed by atoms with Crippen LogP contribution < -0.4 is 5.32 Å². The minimum Gasteiger partial charge on any atom is -0.388 e. The summed E-state index contributed by atoms with van der Waals surface area (Å²) in [5, 5.41) is 13.4. The van der Waals surface area contributed by atoms with Crippen LogP contribution in [0.1, 0.15) is 23.7 Å². The molecule has 0 aliphatic heterocycles. The van der Waals surface area contributed by atoms with Crippen LogP contribution in [0.25, 0.3) is 0 Å². The minimum atomic E-state index is -0.564. The van der Waals surface area contributed by atoms with Gasteiger partial charge in [0.05, 0.1) is 6.10 Å². The van der Waals surface area contributed by atoms with Gasteiger partial charge in [-0.1, -0.05) is 36.4 Å². The second kappa shape index (κ2) is 7.71. The van der Waals surface area contributed by atoms with E-state index >= 15 is 0 Å². The number of rotatable bonds is 6. The van der Waals surface area contributed by atoms with Gasteiger partial charge in [0, 0.05) is 10.1 Å². The maximum Gasteiger partial charge on any atom is 0.124 e. The fourth-order valence-electron chi connectivity index (χ4n) is 1.99. The molecular formula is C16H17FINO. The number of aliphatic hydroxyl groups excluding tert-OH is 1. The summed E-state index contributed by atoms with van der Waals surface area (Å²) in [5.74, 6) is -0.271. The number of benzene rings is 2. The quantitative estimate of drug-likeness (QED) is 0.588. The maximum atomic E-state index is 13.0. The van der Waals surface area contributed by atoms with E-state index in [-0.39, 0.29) is 5.82 Å². The third-order valence-electron chi connectivity index (χ3n) is 3.09. The SMILES string of the molecule is O[C@@H](CCNCc1ccccc1)c1ccc(F)cc1I. The van der Waals surface area contributed by atoms with Crippen LogP contribution in [-0.4, -0.2) is 11.7 Å². The number of halogens is 2. The van der Waals surface area contributed by atoms with E-state index in [2.05, 4.69) is 40.0 Å². The predicted octanol–water partition coefficient (Wildman–Crippen LogP) is 3.64. The van der Waals surface area contributed by atoms with Crippen LogP contribution in [0, 0.1) is 9.39 Å². The molecule has 0 amide bonds. The summed E-state index contributed by atoms with van der Waals surface area (Å²) in [6, 6.07) is 14.6. The fourth-order valence-corrected chi connectivity index (χ4v) is 2.83. The highest BCUT2D eigenvalue weighted by molar-refractivity contribution is 14.1. The Morgan fingerprint density at radius 3 is 2.60 bits per heavy atom. The second-order valence-corrected chi connectivity index (χ2v) is 5.79. The van der Waals surface area contributed by atoms with Gasteiger partial charge >= 0.3 is 0 Å². The van der Waals surface area contributed by atoms with Gasteiger partial charge in [0.25, 0.3) is 0 Å². The lowest BCUT2D eigenvalue weighted by Crippen LogP contribution is -2.17. The monoisotopic (exact) mass is 385 g/mol. The highest BCUT2D eigenvalue weighted by Gasteiger charge is 2.11. The molecule has 2 aromatic rings. The number of aliphatic hydroxyl groups is 1. The molecule has 0 unspecified atom stereocenters. The molecule has 106 valence electrons. The first-order valence-electron chi connectivity index (χ1n) is 6.54. The van der Waals surface area contributed by atoms with Crippen molar-refractivity contribution in [1.29, 1.82) is 0 Å². The third-order valence-corrected chi connectivity index (χ3v) is 4.02. The molecule has 20 heavy (non-hydrogen) atoms. The van der Waals surface area contributed by atoms with Crippen LogP contribution in [0.3, 0.4) is 0 Å². The molecule has 0 radical (unpaired) electrons. The Morgan fingerprint density at radius 1 is 1.15 bits per heavy atom. The van der Waals surface area contributed by atoms with Crippen LogP contribution in [0.15, 0.2) is 48.5 Å². The molecule has 0 bridgehead atoms. The van der Waals surface area contributed by atoms with Crippen molar-refractivity contribution in [3.63, 3.8) is 0 Å². The van der Waals surface area contributed by atoms with Gasteiger partial charge < -0.3 is 10.4 Å². The summed E-state index contributed by atoms with van der Waals surface area (Å²) >= 11 is 2.05. The lowest BCUT2D eigenvalue weighted by atomic mass is 10.1. The van der Waals surface area contributed by atoms with Gasteiger partial charge in [0.2, 0.25) is 0 Å². The van der Waals surface area contributed by atoms with Crippen LogP contribution in [0.5, 0.6) is 0 Å². The third kappa shape index (κ3) is 4.54. The van der Waals surface area contributed by atoms with E-state index in [1.54, 1.807) is 6.07 Å². The van der Waals surface area contributed by atoms with Crippen LogP contribution >= 0.6 is 22.6 Å². The molecule has 4 heteroatoms. The summed E-state index contributed by atoms with van der Waals surface area (Å²) in [6.45, 7) is 1.50. The lowest BCUT2D eigenvalue weighted by molar-refractivity contribution is 0.166.